The van der Waals surface area contributed by atoms with Gasteiger partial charge in [-0.3, -0.25) is 0 Å². The van der Waals surface area contributed by atoms with Crippen molar-refractivity contribution in [3.63, 3.8) is 0 Å². The van der Waals surface area contributed by atoms with Crippen molar-refractivity contribution in [1.82, 2.24) is 4.72 Å². The summed E-state index contributed by atoms with van der Waals surface area (Å²) in [6.45, 7) is 7.17. The Bertz CT molecular complexity index is 594. The van der Waals surface area contributed by atoms with Crippen LogP contribution < -0.4 is 4.72 Å². The van der Waals surface area contributed by atoms with E-state index in [-0.39, 0.29) is 32.0 Å². The number of hydrogen-bond acceptors (Lipinski definition) is 3. The largest absolute Gasteiger partial charge is 0.392 e. The lowest BCUT2D eigenvalue weighted by Crippen LogP contribution is -2.41. The van der Waals surface area contributed by atoms with Crippen LogP contribution >= 0.6 is 23.2 Å². The van der Waals surface area contributed by atoms with Gasteiger partial charge in [-0.25, -0.2) is 13.1 Å². The Kier molecular flexibility index (Phi) is 5.49. The molecule has 1 rings (SSSR count). The number of halogens is 2. The fourth-order valence-electron chi connectivity index (χ4n) is 1.40. The molecule has 0 fully saturated rings. The first-order valence-electron chi connectivity index (χ1n) is 6.10. The molecule has 0 saturated heterocycles. The molecule has 1 aromatic rings. The average Bonchev–Trinajstić information content (AvgIpc) is 2.27. The summed E-state index contributed by atoms with van der Waals surface area (Å²) in [4.78, 5) is -0.0799. The number of aliphatic hydroxyl groups excluding tert-OH is 1. The highest BCUT2D eigenvalue weighted by Gasteiger charge is 2.28. The zero-order valence-corrected chi connectivity index (χ0v) is 14.2. The van der Waals surface area contributed by atoms with Crippen LogP contribution in [0.4, 0.5) is 0 Å². The first-order valence-corrected chi connectivity index (χ1v) is 8.34. The molecule has 0 aromatic heterocycles. The summed E-state index contributed by atoms with van der Waals surface area (Å²) in [7, 11) is -3.77. The number of rotatable bonds is 4. The minimum Gasteiger partial charge on any atom is -0.392 e. The monoisotopic (exact) mass is 339 g/mol. The maximum Gasteiger partial charge on any atom is 0.242 e. The first-order chi connectivity index (χ1) is 9.00. The van der Waals surface area contributed by atoms with Gasteiger partial charge in [0.05, 0.1) is 11.6 Å². The highest BCUT2D eigenvalue weighted by atomic mass is 35.5. The molecule has 2 N–H and O–H groups in total. The molecular formula is C13H19Cl2NO3S. The summed E-state index contributed by atoms with van der Waals surface area (Å²) in [5, 5.41) is 9.41. The van der Waals surface area contributed by atoms with Crippen molar-refractivity contribution in [1.29, 1.82) is 0 Å². The van der Waals surface area contributed by atoms with E-state index >= 15 is 0 Å². The highest BCUT2D eigenvalue weighted by Crippen LogP contribution is 2.31. The third-order valence-corrected chi connectivity index (χ3v) is 5.71. The molecule has 1 aromatic carbocycles. The Labute approximate surface area is 130 Å². The van der Waals surface area contributed by atoms with Crippen LogP contribution in [0.25, 0.3) is 0 Å². The van der Waals surface area contributed by atoms with Crippen molar-refractivity contribution in [2.24, 2.45) is 5.41 Å². The van der Waals surface area contributed by atoms with Crippen LogP contribution in [0.1, 0.15) is 33.3 Å². The Morgan fingerprint density at radius 1 is 1.30 bits per heavy atom. The first kappa shape index (κ1) is 17.7. The molecule has 0 saturated carbocycles. The number of sulfonamides is 1. The van der Waals surface area contributed by atoms with Gasteiger partial charge in [0.2, 0.25) is 10.0 Å². The summed E-state index contributed by atoms with van der Waals surface area (Å²) >= 11 is 11.9. The van der Waals surface area contributed by atoms with E-state index in [4.69, 9.17) is 23.2 Å². The van der Waals surface area contributed by atoms with E-state index in [9.17, 15) is 13.5 Å². The van der Waals surface area contributed by atoms with Crippen molar-refractivity contribution in [2.75, 3.05) is 0 Å². The van der Waals surface area contributed by atoms with Crippen LogP contribution in [0, 0.1) is 5.41 Å². The Morgan fingerprint density at radius 3 is 2.30 bits per heavy atom. The van der Waals surface area contributed by atoms with Gasteiger partial charge < -0.3 is 5.11 Å². The van der Waals surface area contributed by atoms with Crippen LogP contribution in [0.3, 0.4) is 0 Å². The standard InChI is InChI=1S/C13H19Cl2NO3S/c1-8(13(2,3)4)16-20(18,19)11-6-5-10(14)9(7-17)12(11)15/h5-6,8,16-17H,7H2,1-4H3. The van der Waals surface area contributed by atoms with Gasteiger partial charge >= 0.3 is 0 Å². The molecule has 0 radical (unpaired) electrons. The predicted molar refractivity (Wildman–Crippen MR) is 81.6 cm³/mol. The Morgan fingerprint density at radius 2 is 1.85 bits per heavy atom. The van der Waals surface area contributed by atoms with Crippen molar-refractivity contribution < 1.29 is 13.5 Å². The third-order valence-electron chi connectivity index (χ3n) is 3.23. The second-order valence-corrected chi connectivity index (χ2v) is 8.17. The lowest BCUT2D eigenvalue weighted by Gasteiger charge is -2.28. The van der Waals surface area contributed by atoms with E-state index < -0.39 is 16.6 Å². The van der Waals surface area contributed by atoms with Crippen molar-refractivity contribution in [3.05, 3.63) is 27.7 Å². The molecule has 114 valence electrons. The summed E-state index contributed by atoms with van der Waals surface area (Å²) in [5.41, 5.74) is -0.0224. The summed E-state index contributed by atoms with van der Waals surface area (Å²) < 4.78 is 27.3. The minimum atomic E-state index is -3.77. The molecule has 0 amide bonds. The fraction of sp³-hybridized carbons (Fsp3) is 0.538. The normalized spacial score (nSPS) is 14.3. The lowest BCUT2D eigenvalue weighted by molar-refractivity contribution is 0.281. The molecule has 0 bridgehead atoms. The molecule has 0 aliphatic carbocycles. The SMILES string of the molecule is CC(NS(=O)(=O)c1ccc(Cl)c(CO)c1Cl)C(C)(C)C. The predicted octanol–water partition coefficient (Wildman–Crippen LogP) is 3.20. The van der Waals surface area contributed by atoms with Crippen LogP contribution in [-0.4, -0.2) is 19.6 Å². The van der Waals surface area contributed by atoms with Gasteiger partial charge in [0.1, 0.15) is 4.90 Å². The third kappa shape index (κ3) is 3.86. The van der Waals surface area contributed by atoms with Crippen molar-refractivity contribution >= 4 is 33.2 Å². The molecule has 1 atom stereocenters. The van der Waals surface area contributed by atoms with E-state index in [0.29, 0.717) is 0 Å². The van der Waals surface area contributed by atoms with E-state index in [1.165, 1.54) is 12.1 Å². The minimum absolute atomic E-state index is 0.0476. The van der Waals surface area contributed by atoms with Crippen LogP contribution in [0.15, 0.2) is 17.0 Å². The number of benzene rings is 1. The van der Waals surface area contributed by atoms with Gasteiger partial charge in [-0.2, -0.15) is 0 Å². The van der Waals surface area contributed by atoms with Gasteiger partial charge in [0.15, 0.2) is 0 Å². The van der Waals surface area contributed by atoms with E-state index in [2.05, 4.69) is 4.72 Å². The van der Waals surface area contributed by atoms with Crippen LogP contribution in [0.2, 0.25) is 10.0 Å². The fourth-order valence-corrected chi connectivity index (χ4v) is 3.75. The molecule has 0 heterocycles. The quantitative estimate of drug-likeness (QED) is 0.885. The van der Waals surface area contributed by atoms with E-state index in [1.54, 1.807) is 6.92 Å². The summed E-state index contributed by atoms with van der Waals surface area (Å²) in [5.74, 6) is 0. The number of aliphatic hydroxyl groups is 1. The topological polar surface area (TPSA) is 66.4 Å². The van der Waals surface area contributed by atoms with Gasteiger partial charge in [0.25, 0.3) is 0 Å². The van der Waals surface area contributed by atoms with Crippen LogP contribution in [0.5, 0.6) is 0 Å². The van der Waals surface area contributed by atoms with E-state index in [1.807, 2.05) is 20.8 Å². The maximum atomic E-state index is 12.4. The molecular weight excluding hydrogens is 321 g/mol. The molecule has 1 unspecified atom stereocenters. The molecule has 4 nitrogen and oxygen atoms in total. The van der Waals surface area contributed by atoms with E-state index in [0.717, 1.165) is 0 Å². The highest BCUT2D eigenvalue weighted by molar-refractivity contribution is 7.89. The maximum absolute atomic E-state index is 12.4. The number of hydrogen-bond donors (Lipinski definition) is 2. The molecule has 7 heteroatoms. The molecule has 20 heavy (non-hydrogen) atoms. The zero-order chi connectivity index (χ0) is 15.7. The summed E-state index contributed by atoms with van der Waals surface area (Å²) in [6.07, 6.45) is 0. The Balaban J connectivity index is 3.24. The van der Waals surface area contributed by atoms with Crippen molar-refractivity contribution in [3.8, 4) is 0 Å². The lowest BCUT2D eigenvalue weighted by atomic mass is 9.89. The molecule has 0 aliphatic heterocycles. The second-order valence-electron chi connectivity index (χ2n) is 5.71. The second kappa shape index (κ2) is 6.20. The zero-order valence-electron chi connectivity index (χ0n) is 11.9. The number of nitrogens with one attached hydrogen (secondary N) is 1. The smallest absolute Gasteiger partial charge is 0.242 e. The average molecular weight is 340 g/mol. The molecule has 0 aliphatic rings. The van der Waals surface area contributed by atoms with Gasteiger partial charge in [-0.15, -0.1) is 0 Å². The van der Waals surface area contributed by atoms with Gasteiger partial charge in [-0.05, 0) is 24.5 Å². The van der Waals surface area contributed by atoms with Gasteiger partial charge in [-0.1, -0.05) is 44.0 Å². The van der Waals surface area contributed by atoms with Crippen LogP contribution in [-0.2, 0) is 16.6 Å². The Hall–Kier alpha value is -0.330. The molecule has 0 spiro atoms. The van der Waals surface area contributed by atoms with Gasteiger partial charge in [0, 0.05) is 16.6 Å². The van der Waals surface area contributed by atoms with Crippen molar-refractivity contribution in [2.45, 2.75) is 45.2 Å². The summed E-state index contributed by atoms with van der Waals surface area (Å²) in [6, 6.07) is 2.47.